The Kier molecular flexibility index (Phi) is 4.26. The summed E-state index contributed by atoms with van der Waals surface area (Å²) in [6, 6.07) is 0. The molecule has 0 aromatic carbocycles. The van der Waals surface area contributed by atoms with Gasteiger partial charge in [-0.1, -0.05) is 0 Å². The van der Waals surface area contributed by atoms with E-state index in [0.29, 0.717) is 5.91 Å². The fraction of sp³-hybridized carbons (Fsp3) is 0.769. The van der Waals surface area contributed by atoms with Gasteiger partial charge in [-0.3, -0.25) is 14.4 Å². The lowest BCUT2D eigenvalue weighted by atomic mass is 10.1. The molecule has 1 aromatic heterocycles. The number of thioether (sulfide) groups is 1. The van der Waals surface area contributed by atoms with E-state index in [1.54, 1.807) is 11.0 Å². The molecule has 1 aromatic rings. The van der Waals surface area contributed by atoms with Gasteiger partial charge in [0.25, 0.3) is 0 Å². The fourth-order valence-corrected chi connectivity index (χ4v) is 3.79. The molecule has 6 nitrogen and oxygen atoms in total. The lowest BCUT2D eigenvalue weighted by Crippen LogP contribution is -2.42. The molecule has 2 saturated heterocycles. The highest BCUT2D eigenvalue weighted by Crippen LogP contribution is 2.21. The largest absolute Gasteiger partial charge is 0.341 e. The summed E-state index contributed by atoms with van der Waals surface area (Å²) in [4.78, 5) is 21.1. The van der Waals surface area contributed by atoms with Crippen LogP contribution in [0.15, 0.2) is 6.33 Å². The highest BCUT2D eigenvalue weighted by Gasteiger charge is 2.32. The van der Waals surface area contributed by atoms with Gasteiger partial charge in [-0.25, -0.2) is 4.98 Å². The molecule has 0 aliphatic carbocycles. The maximum atomic E-state index is 12.5. The molecular weight excluding hydrogens is 274 g/mol. The maximum absolute atomic E-state index is 12.5. The summed E-state index contributed by atoms with van der Waals surface area (Å²) in [7, 11) is 1.91. The van der Waals surface area contributed by atoms with E-state index in [4.69, 9.17) is 0 Å². The molecule has 1 unspecified atom stereocenters. The minimum absolute atomic E-state index is 0.173. The first kappa shape index (κ1) is 13.9. The zero-order valence-corrected chi connectivity index (χ0v) is 12.7. The smallest absolute Gasteiger partial charge is 0.227 e. The van der Waals surface area contributed by atoms with Gasteiger partial charge in [0.1, 0.15) is 12.2 Å². The van der Waals surface area contributed by atoms with E-state index in [9.17, 15) is 4.79 Å². The van der Waals surface area contributed by atoms with E-state index in [0.717, 1.165) is 56.5 Å². The SMILES string of the molecule is Cn1ncnc1CN1CCC(C(=O)N2CCSCC2)C1. The van der Waals surface area contributed by atoms with Crippen molar-refractivity contribution in [3.05, 3.63) is 12.2 Å². The summed E-state index contributed by atoms with van der Waals surface area (Å²) in [6.45, 7) is 4.46. The fourth-order valence-electron chi connectivity index (χ4n) is 2.88. The molecule has 7 heteroatoms. The van der Waals surface area contributed by atoms with E-state index in [-0.39, 0.29) is 5.92 Å². The van der Waals surface area contributed by atoms with Crippen LogP contribution in [0, 0.1) is 5.92 Å². The van der Waals surface area contributed by atoms with Crippen LogP contribution in [0.2, 0.25) is 0 Å². The summed E-state index contributed by atoms with van der Waals surface area (Å²) in [5.41, 5.74) is 0. The molecule has 1 amide bonds. The number of carbonyl (C=O) groups excluding carboxylic acids is 1. The Balaban J connectivity index is 1.53. The van der Waals surface area contributed by atoms with Crippen molar-refractivity contribution in [3.63, 3.8) is 0 Å². The maximum Gasteiger partial charge on any atom is 0.227 e. The second-order valence-corrected chi connectivity index (χ2v) is 6.68. The van der Waals surface area contributed by atoms with Gasteiger partial charge in [0.05, 0.1) is 12.5 Å². The standard InChI is InChI=1S/C13H21N5OS/c1-16-12(14-10-15-16)9-17-3-2-11(8-17)13(19)18-4-6-20-7-5-18/h10-11H,2-9H2,1H3. The van der Waals surface area contributed by atoms with Gasteiger partial charge in [0, 0.05) is 38.2 Å². The number of aromatic nitrogens is 3. The van der Waals surface area contributed by atoms with Crippen LogP contribution in [-0.4, -0.2) is 68.2 Å². The minimum Gasteiger partial charge on any atom is -0.341 e. The molecule has 2 fully saturated rings. The van der Waals surface area contributed by atoms with Crippen molar-refractivity contribution < 1.29 is 4.79 Å². The van der Waals surface area contributed by atoms with Crippen molar-refractivity contribution in [3.8, 4) is 0 Å². The van der Waals surface area contributed by atoms with Crippen LogP contribution in [0.1, 0.15) is 12.2 Å². The van der Waals surface area contributed by atoms with Crippen LogP contribution in [0.5, 0.6) is 0 Å². The number of nitrogens with zero attached hydrogens (tertiary/aromatic N) is 5. The monoisotopic (exact) mass is 295 g/mol. The molecule has 0 saturated carbocycles. The van der Waals surface area contributed by atoms with E-state index in [1.165, 1.54) is 0 Å². The number of amides is 1. The zero-order valence-electron chi connectivity index (χ0n) is 11.9. The van der Waals surface area contributed by atoms with Crippen molar-refractivity contribution in [2.75, 3.05) is 37.7 Å². The van der Waals surface area contributed by atoms with Gasteiger partial charge in [-0.15, -0.1) is 0 Å². The van der Waals surface area contributed by atoms with Gasteiger partial charge in [0.2, 0.25) is 5.91 Å². The summed E-state index contributed by atoms with van der Waals surface area (Å²) in [5, 5.41) is 4.09. The van der Waals surface area contributed by atoms with Crippen molar-refractivity contribution in [2.24, 2.45) is 13.0 Å². The van der Waals surface area contributed by atoms with Crippen molar-refractivity contribution in [1.82, 2.24) is 24.6 Å². The van der Waals surface area contributed by atoms with Crippen LogP contribution < -0.4 is 0 Å². The summed E-state index contributed by atoms with van der Waals surface area (Å²) in [6.07, 6.45) is 2.56. The molecule has 0 spiro atoms. The predicted molar refractivity (Wildman–Crippen MR) is 78.3 cm³/mol. The average Bonchev–Trinajstić information content (AvgIpc) is 3.10. The molecule has 0 bridgehead atoms. The van der Waals surface area contributed by atoms with Crippen LogP contribution >= 0.6 is 11.8 Å². The quantitative estimate of drug-likeness (QED) is 0.798. The van der Waals surface area contributed by atoms with Gasteiger partial charge in [-0.05, 0) is 13.0 Å². The molecule has 0 N–H and O–H groups in total. The highest BCUT2D eigenvalue weighted by atomic mass is 32.2. The molecule has 20 heavy (non-hydrogen) atoms. The van der Waals surface area contributed by atoms with Gasteiger partial charge in [-0.2, -0.15) is 16.9 Å². The minimum atomic E-state index is 0.173. The summed E-state index contributed by atoms with van der Waals surface area (Å²) >= 11 is 1.94. The number of rotatable bonds is 3. The lowest BCUT2D eigenvalue weighted by Gasteiger charge is -2.28. The van der Waals surface area contributed by atoms with Crippen LogP contribution in [0.3, 0.4) is 0 Å². The van der Waals surface area contributed by atoms with E-state index in [2.05, 4.69) is 15.0 Å². The average molecular weight is 295 g/mol. The van der Waals surface area contributed by atoms with Crippen molar-refractivity contribution >= 4 is 17.7 Å². The van der Waals surface area contributed by atoms with E-state index in [1.807, 2.05) is 23.7 Å². The molecular formula is C13H21N5OS. The van der Waals surface area contributed by atoms with Crippen LogP contribution in [-0.2, 0) is 18.4 Å². The van der Waals surface area contributed by atoms with Crippen molar-refractivity contribution in [2.45, 2.75) is 13.0 Å². The van der Waals surface area contributed by atoms with E-state index >= 15 is 0 Å². The third-order valence-corrected chi connectivity index (χ3v) is 5.06. The zero-order chi connectivity index (χ0) is 13.9. The molecule has 110 valence electrons. The Bertz CT molecular complexity index is 471. The Labute approximate surface area is 123 Å². The number of hydrogen-bond donors (Lipinski definition) is 0. The Morgan fingerprint density at radius 3 is 2.90 bits per heavy atom. The Morgan fingerprint density at radius 2 is 2.20 bits per heavy atom. The first-order chi connectivity index (χ1) is 9.74. The third kappa shape index (κ3) is 2.98. The van der Waals surface area contributed by atoms with Gasteiger partial charge < -0.3 is 4.90 Å². The number of aryl methyl sites for hydroxylation is 1. The van der Waals surface area contributed by atoms with Gasteiger partial charge >= 0.3 is 0 Å². The molecule has 3 rings (SSSR count). The topological polar surface area (TPSA) is 54.3 Å². The number of hydrogen-bond acceptors (Lipinski definition) is 5. The Hall–Kier alpha value is -1.08. The Morgan fingerprint density at radius 1 is 1.40 bits per heavy atom. The third-order valence-electron chi connectivity index (χ3n) is 4.11. The van der Waals surface area contributed by atoms with E-state index < -0.39 is 0 Å². The molecule has 2 aliphatic heterocycles. The number of likely N-dealkylation sites (tertiary alicyclic amines) is 1. The predicted octanol–water partition coefficient (Wildman–Crippen LogP) is 0.212. The molecule has 2 aliphatic rings. The second-order valence-electron chi connectivity index (χ2n) is 5.46. The molecule has 1 atom stereocenters. The second kappa shape index (κ2) is 6.13. The van der Waals surface area contributed by atoms with Crippen molar-refractivity contribution in [1.29, 1.82) is 0 Å². The van der Waals surface area contributed by atoms with Crippen LogP contribution in [0.4, 0.5) is 0 Å². The normalized spacial score (nSPS) is 24.2. The summed E-state index contributed by atoms with van der Waals surface area (Å²) in [5.74, 6) is 3.66. The highest BCUT2D eigenvalue weighted by molar-refractivity contribution is 7.99. The molecule has 0 radical (unpaired) electrons. The van der Waals surface area contributed by atoms with Crippen LogP contribution in [0.25, 0.3) is 0 Å². The lowest BCUT2D eigenvalue weighted by molar-refractivity contribution is -0.134. The number of carbonyl (C=O) groups is 1. The van der Waals surface area contributed by atoms with Gasteiger partial charge in [0.15, 0.2) is 0 Å². The first-order valence-electron chi connectivity index (χ1n) is 7.16. The molecule has 3 heterocycles. The first-order valence-corrected chi connectivity index (χ1v) is 8.31. The summed E-state index contributed by atoms with van der Waals surface area (Å²) < 4.78 is 1.80.